The summed E-state index contributed by atoms with van der Waals surface area (Å²) < 4.78 is 16.4. The fourth-order valence-electron chi connectivity index (χ4n) is 2.54. The minimum atomic E-state index is -0.0566. The normalized spacial score (nSPS) is 12.4. The summed E-state index contributed by atoms with van der Waals surface area (Å²) in [6.07, 6.45) is 0.741. The summed E-state index contributed by atoms with van der Waals surface area (Å²) >= 11 is 0. The van der Waals surface area contributed by atoms with Gasteiger partial charge in [0, 0.05) is 6.54 Å². The molecule has 146 valence electrons. The van der Waals surface area contributed by atoms with Crippen molar-refractivity contribution in [2.75, 3.05) is 27.3 Å². The van der Waals surface area contributed by atoms with Crippen LogP contribution >= 0.6 is 0 Å². The molecule has 0 bridgehead atoms. The summed E-state index contributed by atoms with van der Waals surface area (Å²) in [4.78, 5) is 4.34. The van der Waals surface area contributed by atoms with Gasteiger partial charge in [-0.05, 0) is 50.1 Å². The maximum absolute atomic E-state index is 5.94. The van der Waals surface area contributed by atoms with Crippen LogP contribution in [0.3, 0.4) is 0 Å². The minimum Gasteiger partial charge on any atom is -0.493 e. The van der Waals surface area contributed by atoms with E-state index in [1.165, 1.54) is 5.56 Å². The number of nitrogens with one attached hydrogen (secondary N) is 1. The number of aliphatic imine (C=N–C) groups is 1. The van der Waals surface area contributed by atoms with Crippen LogP contribution < -0.4 is 25.3 Å². The number of hydrogen-bond donors (Lipinski definition) is 2. The van der Waals surface area contributed by atoms with E-state index in [2.05, 4.69) is 10.3 Å². The van der Waals surface area contributed by atoms with Crippen LogP contribution in [0.25, 0.3) is 0 Å². The topological polar surface area (TPSA) is 78.1 Å². The summed E-state index contributed by atoms with van der Waals surface area (Å²) in [5.41, 5.74) is 8.27. The lowest BCUT2D eigenvalue weighted by Crippen LogP contribution is -2.34. The third kappa shape index (κ3) is 6.73. The molecular formula is C21H29N3O3. The second kappa shape index (κ2) is 10.3. The number of ether oxygens (including phenoxy) is 3. The highest BCUT2D eigenvalue weighted by atomic mass is 16.5. The van der Waals surface area contributed by atoms with Gasteiger partial charge in [0.05, 0.1) is 20.8 Å². The first kappa shape index (κ1) is 20.4. The Morgan fingerprint density at radius 1 is 1.07 bits per heavy atom. The Hall–Kier alpha value is -2.89. The molecule has 0 heterocycles. The Morgan fingerprint density at radius 3 is 2.44 bits per heavy atom. The highest BCUT2D eigenvalue weighted by Crippen LogP contribution is 2.27. The first-order valence-corrected chi connectivity index (χ1v) is 9.00. The molecule has 2 aromatic rings. The molecule has 0 saturated carbocycles. The maximum atomic E-state index is 5.94. The maximum Gasteiger partial charge on any atom is 0.188 e. The van der Waals surface area contributed by atoms with Crippen molar-refractivity contribution in [3.05, 3.63) is 53.6 Å². The molecule has 6 nitrogen and oxygen atoms in total. The highest BCUT2D eigenvalue weighted by Gasteiger charge is 2.05. The Morgan fingerprint density at radius 2 is 1.78 bits per heavy atom. The van der Waals surface area contributed by atoms with E-state index in [4.69, 9.17) is 19.9 Å². The molecule has 1 atom stereocenters. The number of hydrogen-bond acceptors (Lipinski definition) is 4. The predicted octanol–water partition coefficient (Wildman–Crippen LogP) is 2.93. The van der Waals surface area contributed by atoms with Crippen molar-refractivity contribution in [1.29, 1.82) is 0 Å². The molecule has 6 heteroatoms. The van der Waals surface area contributed by atoms with Crippen LogP contribution in [0.1, 0.15) is 18.1 Å². The van der Waals surface area contributed by atoms with Gasteiger partial charge >= 0.3 is 0 Å². The predicted molar refractivity (Wildman–Crippen MR) is 109 cm³/mol. The van der Waals surface area contributed by atoms with Gasteiger partial charge in [0.1, 0.15) is 11.9 Å². The smallest absolute Gasteiger partial charge is 0.188 e. The summed E-state index contributed by atoms with van der Waals surface area (Å²) in [6.45, 7) is 5.19. The van der Waals surface area contributed by atoms with E-state index < -0.39 is 0 Å². The van der Waals surface area contributed by atoms with Gasteiger partial charge in [-0.2, -0.15) is 0 Å². The summed E-state index contributed by atoms with van der Waals surface area (Å²) in [7, 11) is 3.25. The molecule has 27 heavy (non-hydrogen) atoms. The van der Waals surface area contributed by atoms with Crippen LogP contribution in [0.4, 0.5) is 0 Å². The molecule has 1 unspecified atom stereocenters. The third-order valence-corrected chi connectivity index (χ3v) is 4.04. The van der Waals surface area contributed by atoms with Crippen LogP contribution in [-0.2, 0) is 6.42 Å². The average molecular weight is 371 g/mol. The first-order valence-electron chi connectivity index (χ1n) is 9.00. The van der Waals surface area contributed by atoms with Crippen molar-refractivity contribution in [2.24, 2.45) is 10.7 Å². The molecule has 3 N–H and O–H groups in total. The van der Waals surface area contributed by atoms with Gasteiger partial charge in [0.15, 0.2) is 17.5 Å². The molecule has 0 fully saturated rings. The molecule has 0 aliphatic rings. The van der Waals surface area contributed by atoms with E-state index in [0.717, 1.165) is 29.2 Å². The third-order valence-electron chi connectivity index (χ3n) is 4.04. The van der Waals surface area contributed by atoms with Crippen molar-refractivity contribution in [2.45, 2.75) is 26.4 Å². The number of aryl methyl sites for hydroxylation is 1. The number of nitrogens with zero attached hydrogens (tertiary/aromatic N) is 1. The van der Waals surface area contributed by atoms with E-state index in [-0.39, 0.29) is 6.10 Å². The Bertz CT molecular complexity index is 745. The molecule has 0 spiro atoms. The van der Waals surface area contributed by atoms with Crippen molar-refractivity contribution in [3.8, 4) is 17.2 Å². The number of nitrogens with two attached hydrogens (primary N) is 1. The summed E-state index contributed by atoms with van der Waals surface area (Å²) in [5, 5.41) is 3.12. The van der Waals surface area contributed by atoms with Crippen LogP contribution in [-0.4, -0.2) is 39.4 Å². The molecular weight excluding hydrogens is 342 g/mol. The van der Waals surface area contributed by atoms with Gasteiger partial charge in [0.25, 0.3) is 0 Å². The number of guanidine groups is 1. The molecule has 2 aromatic carbocycles. The number of benzene rings is 2. The highest BCUT2D eigenvalue weighted by molar-refractivity contribution is 5.77. The van der Waals surface area contributed by atoms with E-state index in [0.29, 0.717) is 19.0 Å². The zero-order valence-corrected chi connectivity index (χ0v) is 16.5. The largest absolute Gasteiger partial charge is 0.493 e. The summed E-state index contributed by atoms with van der Waals surface area (Å²) in [5.74, 6) is 2.69. The standard InChI is InChI=1S/C21H29N3O3/c1-15-5-8-18(9-6-15)27-16(2)14-24-21(22)23-12-11-17-7-10-19(25-3)20(13-17)26-4/h5-10,13,16H,11-12,14H2,1-4H3,(H3,22,23,24). The molecule has 0 aliphatic carbocycles. The monoisotopic (exact) mass is 371 g/mol. The number of methoxy groups -OCH3 is 2. The van der Waals surface area contributed by atoms with E-state index >= 15 is 0 Å². The second-order valence-electron chi connectivity index (χ2n) is 6.33. The first-order chi connectivity index (χ1) is 13.0. The van der Waals surface area contributed by atoms with Gasteiger partial charge < -0.3 is 25.3 Å². The number of rotatable bonds is 9. The van der Waals surface area contributed by atoms with E-state index in [1.807, 2.05) is 56.3 Å². The SMILES string of the molecule is COc1ccc(CCNC(N)=NCC(C)Oc2ccc(C)cc2)cc1OC. The fraction of sp³-hybridized carbons (Fsp3) is 0.381. The molecule has 0 amide bonds. The van der Waals surface area contributed by atoms with Crippen molar-refractivity contribution < 1.29 is 14.2 Å². The second-order valence-corrected chi connectivity index (χ2v) is 6.33. The molecule has 0 saturated heterocycles. The summed E-state index contributed by atoms with van der Waals surface area (Å²) in [6, 6.07) is 13.8. The fourth-order valence-corrected chi connectivity index (χ4v) is 2.54. The molecule has 0 aliphatic heterocycles. The van der Waals surface area contributed by atoms with Crippen molar-refractivity contribution in [1.82, 2.24) is 5.32 Å². The zero-order chi connectivity index (χ0) is 19.6. The van der Waals surface area contributed by atoms with Crippen LogP contribution in [0.5, 0.6) is 17.2 Å². The lowest BCUT2D eigenvalue weighted by Gasteiger charge is -2.13. The Balaban J connectivity index is 1.76. The van der Waals surface area contributed by atoms with Gasteiger partial charge in [0.2, 0.25) is 0 Å². The van der Waals surface area contributed by atoms with Gasteiger partial charge in [-0.15, -0.1) is 0 Å². The Labute approximate surface area is 161 Å². The minimum absolute atomic E-state index is 0.0566. The lowest BCUT2D eigenvalue weighted by molar-refractivity contribution is 0.230. The van der Waals surface area contributed by atoms with E-state index in [1.54, 1.807) is 14.2 Å². The van der Waals surface area contributed by atoms with Gasteiger partial charge in [-0.3, -0.25) is 0 Å². The molecule has 0 radical (unpaired) electrons. The van der Waals surface area contributed by atoms with Gasteiger partial charge in [-0.25, -0.2) is 4.99 Å². The average Bonchev–Trinajstić information content (AvgIpc) is 2.68. The Kier molecular flexibility index (Phi) is 7.79. The quantitative estimate of drug-likeness (QED) is 0.523. The van der Waals surface area contributed by atoms with E-state index in [9.17, 15) is 0 Å². The van der Waals surface area contributed by atoms with Crippen LogP contribution in [0.2, 0.25) is 0 Å². The molecule has 2 rings (SSSR count). The van der Waals surface area contributed by atoms with Crippen molar-refractivity contribution in [3.63, 3.8) is 0 Å². The van der Waals surface area contributed by atoms with Crippen molar-refractivity contribution >= 4 is 5.96 Å². The van der Waals surface area contributed by atoms with Crippen LogP contribution in [0.15, 0.2) is 47.5 Å². The van der Waals surface area contributed by atoms with Crippen LogP contribution in [0, 0.1) is 6.92 Å². The zero-order valence-electron chi connectivity index (χ0n) is 16.5. The lowest BCUT2D eigenvalue weighted by atomic mass is 10.1. The molecule has 0 aromatic heterocycles. The van der Waals surface area contributed by atoms with Gasteiger partial charge in [-0.1, -0.05) is 23.8 Å².